The van der Waals surface area contributed by atoms with Crippen LogP contribution in [0.25, 0.3) is 0 Å². The lowest BCUT2D eigenvalue weighted by molar-refractivity contribution is -0.132. The summed E-state index contributed by atoms with van der Waals surface area (Å²) in [7, 11) is 0. The molecule has 1 aliphatic heterocycles. The minimum absolute atomic E-state index is 0.0356. The predicted octanol–water partition coefficient (Wildman–Crippen LogP) is 30.3. The number of nitrogens with one attached hydrogen (secondary N) is 1. The maximum atomic E-state index is 11.7. The van der Waals surface area contributed by atoms with Gasteiger partial charge in [-0.3, -0.25) is 19.7 Å². The normalized spacial score (nSPS) is 14.3. The van der Waals surface area contributed by atoms with Crippen molar-refractivity contribution in [3.8, 4) is 0 Å². The topological polar surface area (TPSA) is 176 Å². The summed E-state index contributed by atoms with van der Waals surface area (Å²) < 4.78 is 39.8. The molecular formula is C110H122Br5Cl5N2O12. The molecule has 0 bridgehead atoms. The summed E-state index contributed by atoms with van der Waals surface area (Å²) in [5.74, 6) is 0.282. The molecule has 134 heavy (non-hydrogen) atoms. The average Bonchev–Trinajstić information content (AvgIpc) is 1.78. The van der Waals surface area contributed by atoms with Gasteiger partial charge in [-0.1, -0.05) is 295 Å². The molecule has 714 valence electrons. The maximum Gasteiger partial charge on any atom is 0.410 e. The highest BCUT2D eigenvalue weighted by Crippen LogP contribution is 2.37. The number of rotatable bonds is 43. The van der Waals surface area contributed by atoms with Crippen LogP contribution in [0.5, 0.6) is 0 Å². The van der Waals surface area contributed by atoms with Crippen molar-refractivity contribution in [3.05, 3.63) is 394 Å². The first-order valence-electron chi connectivity index (χ1n) is 45.1. The highest BCUT2D eigenvalue weighted by Gasteiger charge is 2.36. The molecule has 0 radical (unpaired) electrons. The van der Waals surface area contributed by atoms with Gasteiger partial charge in [-0.25, -0.2) is 10.3 Å². The molecule has 0 aromatic heterocycles. The largest absolute Gasteiger partial charge is 0.447 e. The van der Waals surface area contributed by atoms with Gasteiger partial charge in [0.25, 0.3) is 0 Å². The zero-order valence-electron chi connectivity index (χ0n) is 77.0. The van der Waals surface area contributed by atoms with Gasteiger partial charge < -0.3 is 38.0 Å². The highest BCUT2D eigenvalue weighted by atomic mass is 79.9. The van der Waals surface area contributed by atoms with Crippen molar-refractivity contribution < 1.29 is 57.6 Å². The lowest BCUT2D eigenvalue weighted by Crippen LogP contribution is -2.40. The van der Waals surface area contributed by atoms with Gasteiger partial charge in [0, 0.05) is 135 Å². The molecule has 11 aromatic rings. The van der Waals surface area contributed by atoms with Crippen molar-refractivity contribution in [2.45, 2.75) is 198 Å². The van der Waals surface area contributed by atoms with Crippen molar-refractivity contribution in [2.24, 2.45) is 0 Å². The first-order chi connectivity index (χ1) is 64.6. The number of carbonyl (C=O) groups excluding carboxylic acids is 5. The van der Waals surface area contributed by atoms with Crippen molar-refractivity contribution in [1.29, 1.82) is 0 Å². The molecule has 1 heterocycles. The molecule has 11 atom stereocenters. The van der Waals surface area contributed by atoms with Gasteiger partial charge in [0.2, 0.25) is 5.91 Å². The number of aldehydes is 2. The number of carbonyl (C=O) groups is 5. The molecule has 0 spiro atoms. The van der Waals surface area contributed by atoms with Crippen LogP contribution in [0.15, 0.2) is 308 Å². The molecule has 14 nitrogen and oxygen atoms in total. The van der Waals surface area contributed by atoms with Crippen LogP contribution in [0, 0.1) is 0 Å². The number of halogens is 10. The van der Waals surface area contributed by atoms with Crippen LogP contribution in [-0.4, -0.2) is 123 Å². The van der Waals surface area contributed by atoms with Gasteiger partial charge in [0.15, 0.2) is 0 Å². The molecule has 1 aliphatic rings. The van der Waals surface area contributed by atoms with Crippen molar-refractivity contribution in [2.75, 3.05) is 39.6 Å². The molecule has 0 aliphatic carbocycles. The second kappa shape index (κ2) is 63.2. The molecule has 5 unspecified atom stereocenters. The molecule has 12 rings (SSSR count). The first kappa shape index (κ1) is 114. The highest BCUT2D eigenvalue weighted by molar-refractivity contribution is 9.11. The van der Waals surface area contributed by atoms with E-state index in [9.17, 15) is 24.0 Å². The van der Waals surface area contributed by atoms with E-state index in [1.54, 1.807) is 12.4 Å². The Morgan fingerprint density at radius 1 is 0.396 bits per heavy atom. The number of hydrogen-bond donors (Lipinski definition) is 2. The third-order valence-corrected chi connectivity index (χ3v) is 26.3. The Balaban J connectivity index is 0.000000220. The number of nitrogens with zero attached hydrogens (tertiary/aromatic N) is 1. The second-order valence-electron chi connectivity index (χ2n) is 32.3. The summed E-state index contributed by atoms with van der Waals surface area (Å²) in [6, 6.07) is 91.0. The van der Waals surface area contributed by atoms with Gasteiger partial charge in [-0.15, -0.1) is 6.58 Å². The third-order valence-electron chi connectivity index (χ3n) is 22.4. The van der Waals surface area contributed by atoms with E-state index in [1.807, 2.05) is 247 Å². The summed E-state index contributed by atoms with van der Waals surface area (Å²) in [6.45, 7) is 22.8. The van der Waals surface area contributed by atoms with E-state index in [0.29, 0.717) is 70.3 Å². The molecule has 1 fully saturated rings. The Bertz CT molecular complexity index is 4930. The Kier molecular flexibility index (Phi) is 53.5. The van der Waals surface area contributed by atoms with Crippen LogP contribution >= 0.6 is 138 Å². The number of amides is 2. The average molecular weight is 2240 g/mol. The van der Waals surface area contributed by atoms with Gasteiger partial charge >= 0.3 is 6.09 Å². The van der Waals surface area contributed by atoms with Gasteiger partial charge in [-0.05, 0) is 283 Å². The van der Waals surface area contributed by atoms with Crippen LogP contribution in [0.1, 0.15) is 178 Å². The smallest absolute Gasteiger partial charge is 0.410 e. The van der Waals surface area contributed by atoms with Crippen LogP contribution in [0.2, 0.25) is 25.1 Å². The van der Waals surface area contributed by atoms with Gasteiger partial charge in [-0.2, -0.15) is 0 Å². The number of benzene rings is 11. The summed E-state index contributed by atoms with van der Waals surface area (Å²) >= 11 is 47.3. The summed E-state index contributed by atoms with van der Waals surface area (Å²) in [6.07, 6.45) is 10.0. The predicted molar refractivity (Wildman–Crippen MR) is 566 cm³/mol. The molecule has 24 heteroatoms. The van der Waals surface area contributed by atoms with Crippen LogP contribution in [0.3, 0.4) is 0 Å². The van der Waals surface area contributed by atoms with Crippen molar-refractivity contribution >= 4 is 168 Å². The van der Waals surface area contributed by atoms with E-state index in [-0.39, 0.29) is 90.5 Å². The van der Waals surface area contributed by atoms with E-state index in [2.05, 4.69) is 171 Å². The Morgan fingerprint density at radius 3 is 0.888 bits per heavy atom. The molecular weight excluding hydrogens is 2120 g/mol. The van der Waals surface area contributed by atoms with Crippen LogP contribution in [-0.2, 0) is 86.1 Å². The molecule has 11 aromatic carbocycles. The lowest BCUT2D eigenvalue weighted by atomic mass is 9.85. The number of ether oxygens (including phenoxy) is 6. The molecule has 2 amide bonds. The Morgan fingerprint density at radius 2 is 0.649 bits per heavy atom. The SMILES string of the molecule is C=CC[C@@H](OCC)C(Cc1ccc(Cl)cc1)c1ccc(Br)cc1.CC(C)N1C(=O)OC[C@H]1Cc1ccccc1.CCO[C@H](CC(=O)NO)C(Cc1ccc(Cl)cc1)c1ccc(Br)cc1.CCO[C@H](CC(C)=O)C(Cc1ccc(Cl)cc1)c1ccc(Br)cc1.CCO[C@H](CC=O)C(Cc1ccc(Cl)cc1)c1ccc(Br)cc1.CCO[C@H](CC=O)C(Cc1ccc(Cl)cc1)c1ccc(Br)cc1. The fraction of sp³-hybridized carbons (Fsp3) is 0.336. The van der Waals surface area contributed by atoms with Gasteiger partial charge in [0.05, 0.1) is 43.0 Å². The Labute approximate surface area is 860 Å². The van der Waals surface area contributed by atoms with Gasteiger partial charge in [0.1, 0.15) is 25.0 Å². The summed E-state index contributed by atoms with van der Waals surface area (Å²) in [5.41, 5.74) is 14.7. The van der Waals surface area contributed by atoms with Crippen molar-refractivity contribution in [1.82, 2.24) is 10.4 Å². The summed E-state index contributed by atoms with van der Waals surface area (Å²) in [4.78, 5) is 58.9. The zero-order valence-corrected chi connectivity index (χ0v) is 88.7. The second-order valence-corrected chi connectivity index (χ2v) is 39.1. The monoisotopic (exact) mass is 2230 g/mol. The summed E-state index contributed by atoms with van der Waals surface area (Å²) in [5, 5.41) is 12.5. The van der Waals surface area contributed by atoms with Crippen LogP contribution in [0.4, 0.5) is 4.79 Å². The van der Waals surface area contributed by atoms with E-state index in [4.69, 9.17) is 91.6 Å². The maximum absolute atomic E-state index is 11.7. The first-order valence-corrected chi connectivity index (χ1v) is 50.9. The fourth-order valence-corrected chi connectivity index (χ4v) is 18.0. The van der Waals surface area contributed by atoms with E-state index < -0.39 is 5.91 Å². The molecule has 1 saturated heterocycles. The number of hydroxylamine groups is 1. The fourth-order valence-electron chi connectivity index (χ4n) is 16.0. The minimum Gasteiger partial charge on any atom is -0.447 e. The lowest BCUT2D eigenvalue weighted by Gasteiger charge is -2.27. The third kappa shape index (κ3) is 40.9. The van der Waals surface area contributed by atoms with E-state index in [1.165, 1.54) is 50.1 Å². The van der Waals surface area contributed by atoms with E-state index >= 15 is 0 Å². The minimum atomic E-state index is -0.461. The molecule has 2 N–H and O–H groups in total. The number of hydrogen-bond acceptors (Lipinski definition) is 12. The number of Topliss-reactive ketones (excluding diaryl/α,β-unsaturated/α-hetero) is 1. The standard InChI is InChI=1S/C20H22BrClO2.C20H22BrClO.C19H21BrClNO3.2C19H20BrClO2.C13H17NO2/c1-3-24-20(12-14(2)23)19(16-6-8-17(21)9-7-16)13-15-4-10-18(22)11-5-15;1-3-5-20(23-4-2)19(16-8-10-17(21)11-9-16)14-15-6-12-18(22)13-7-15;1-2-25-18(12-19(23)22-24)17(14-5-7-15(20)8-6-14)11-13-3-9-16(21)10-4-13;2*1-2-23-19(11-12-22)18(15-5-7-16(20)8-6-15)13-14-3-9-17(21)10-4-14;1-10(2)14-12(9-16-13(14)15)8-11-6-4-3-5-7-11/h4-11,19-20H,3,12-13H2,1-2H3;3,6-13,19-20H,1,4-5,14H2,2H3;3-10,17-18,24H,2,11-12H2,1H3,(H,22,23);2*3-10,12,18-19H,2,11,13H2,1H3;3-7,10,12H,8-9H2,1-2H3/t2*19?,20-;17?,18-;2*18?,19-;12-/m111111/s1. The van der Waals surface area contributed by atoms with Crippen LogP contribution < -0.4 is 5.48 Å². The Hall–Kier alpha value is -7.48. The zero-order chi connectivity index (χ0) is 97.3. The number of ketones is 1. The van der Waals surface area contributed by atoms with Crippen molar-refractivity contribution in [3.63, 3.8) is 0 Å². The van der Waals surface area contributed by atoms with E-state index in [0.717, 1.165) is 105 Å². The quantitative estimate of drug-likeness (QED) is 0.0160. The number of cyclic esters (lactones) is 1. The molecule has 0 saturated carbocycles.